The third kappa shape index (κ3) is 3.44. The average Bonchev–Trinajstić information content (AvgIpc) is 2.39. The van der Waals surface area contributed by atoms with Crippen LogP contribution in [0.2, 0.25) is 0 Å². The molecule has 5 heteroatoms. The molecule has 1 aromatic carbocycles. The molecule has 3 N–H and O–H groups in total. The molecule has 1 heterocycles. The highest BCUT2D eigenvalue weighted by Gasteiger charge is 2.18. The molecule has 0 aliphatic carbocycles. The molecule has 1 aliphatic rings. The molecule has 0 amide bonds. The van der Waals surface area contributed by atoms with Crippen LogP contribution >= 0.6 is 0 Å². The van der Waals surface area contributed by atoms with Gasteiger partial charge in [-0.05, 0) is 37.0 Å². The van der Waals surface area contributed by atoms with Gasteiger partial charge in [0.15, 0.2) is 0 Å². The number of halogens is 1. The molecule has 1 unspecified atom stereocenters. The third-order valence-corrected chi connectivity index (χ3v) is 3.45. The van der Waals surface area contributed by atoms with E-state index in [-0.39, 0.29) is 11.7 Å². The lowest BCUT2D eigenvalue weighted by molar-refractivity contribution is 0.0576. The molecular weight excluding hydrogens is 245 g/mol. The van der Waals surface area contributed by atoms with Crippen LogP contribution in [0.15, 0.2) is 18.2 Å². The maximum absolute atomic E-state index is 13.2. The number of nitrogen functional groups attached to an aromatic ring is 1. The zero-order valence-electron chi connectivity index (χ0n) is 11.2. The summed E-state index contributed by atoms with van der Waals surface area (Å²) in [4.78, 5) is 2.02. The van der Waals surface area contributed by atoms with Crippen molar-refractivity contribution in [3.63, 3.8) is 0 Å². The topological polar surface area (TPSA) is 62.3 Å². The first-order valence-corrected chi connectivity index (χ1v) is 6.50. The van der Waals surface area contributed by atoms with Gasteiger partial charge in [-0.15, -0.1) is 0 Å². The van der Waals surface area contributed by atoms with Gasteiger partial charge < -0.3 is 15.4 Å². The van der Waals surface area contributed by atoms with Gasteiger partial charge >= 0.3 is 0 Å². The van der Waals surface area contributed by atoms with Crippen molar-refractivity contribution in [2.24, 2.45) is 11.7 Å². The fraction of sp³-hybridized carbons (Fsp3) is 0.500. The number of ether oxygens (including phenoxy) is 1. The summed E-state index contributed by atoms with van der Waals surface area (Å²) < 4.78 is 18.7. The molecule has 1 saturated heterocycles. The van der Waals surface area contributed by atoms with Crippen LogP contribution in [0, 0.1) is 17.1 Å². The molecule has 0 radical (unpaired) electrons. The van der Waals surface area contributed by atoms with Crippen molar-refractivity contribution >= 4 is 11.5 Å². The van der Waals surface area contributed by atoms with E-state index < -0.39 is 0 Å². The minimum Gasteiger partial charge on any atom is -0.384 e. The third-order valence-electron chi connectivity index (χ3n) is 3.45. The van der Waals surface area contributed by atoms with Crippen LogP contribution in [0.25, 0.3) is 0 Å². The van der Waals surface area contributed by atoms with Crippen molar-refractivity contribution in [3.8, 4) is 0 Å². The van der Waals surface area contributed by atoms with Gasteiger partial charge in [0.1, 0.15) is 11.7 Å². The number of rotatable bonds is 4. The van der Waals surface area contributed by atoms with Gasteiger partial charge in [-0.3, -0.25) is 5.41 Å². The number of benzene rings is 1. The van der Waals surface area contributed by atoms with Crippen LogP contribution in [0.1, 0.15) is 18.4 Å². The number of hydrogen-bond acceptors (Lipinski definition) is 3. The monoisotopic (exact) mass is 265 g/mol. The molecule has 1 aromatic rings. The molecule has 2 rings (SSSR count). The van der Waals surface area contributed by atoms with Crippen LogP contribution in [-0.2, 0) is 4.74 Å². The van der Waals surface area contributed by atoms with Crippen molar-refractivity contribution in [2.75, 3.05) is 31.7 Å². The number of nitrogens with one attached hydrogen (secondary N) is 1. The zero-order chi connectivity index (χ0) is 13.8. The maximum atomic E-state index is 13.2. The van der Waals surface area contributed by atoms with Crippen molar-refractivity contribution < 1.29 is 9.13 Å². The van der Waals surface area contributed by atoms with E-state index in [1.807, 2.05) is 11.9 Å². The van der Waals surface area contributed by atoms with Gasteiger partial charge in [0.25, 0.3) is 0 Å². The van der Waals surface area contributed by atoms with Gasteiger partial charge in [-0.25, -0.2) is 4.39 Å². The van der Waals surface area contributed by atoms with Crippen LogP contribution in [0.5, 0.6) is 0 Å². The Morgan fingerprint density at radius 3 is 3.00 bits per heavy atom. The van der Waals surface area contributed by atoms with Crippen molar-refractivity contribution in [2.45, 2.75) is 12.8 Å². The standard InChI is InChI=1S/C14H20FN3O/c1-18(8-10-3-2-6-19-9-10)13-5-4-11(15)7-12(13)14(16)17/h4-5,7,10H,2-3,6,8-9H2,1H3,(H3,16,17). The first-order valence-electron chi connectivity index (χ1n) is 6.50. The van der Waals surface area contributed by atoms with E-state index in [4.69, 9.17) is 15.9 Å². The lowest BCUT2D eigenvalue weighted by atomic mass is 10.0. The second kappa shape index (κ2) is 6.02. The van der Waals surface area contributed by atoms with E-state index in [0.29, 0.717) is 11.5 Å². The minimum atomic E-state index is -0.372. The number of amidine groups is 1. The highest BCUT2D eigenvalue weighted by molar-refractivity contribution is 6.00. The quantitative estimate of drug-likeness (QED) is 0.646. The van der Waals surface area contributed by atoms with Crippen molar-refractivity contribution in [3.05, 3.63) is 29.6 Å². The molecule has 104 valence electrons. The van der Waals surface area contributed by atoms with Crippen LogP contribution in [0.4, 0.5) is 10.1 Å². The summed E-state index contributed by atoms with van der Waals surface area (Å²) in [7, 11) is 1.94. The number of anilines is 1. The summed E-state index contributed by atoms with van der Waals surface area (Å²) in [6, 6.07) is 4.39. The normalized spacial score (nSPS) is 19.2. The highest BCUT2D eigenvalue weighted by Crippen LogP contribution is 2.23. The lowest BCUT2D eigenvalue weighted by Crippen LogP contribution is -2.32. The second-order valence-corrected chi connectivity index (χ2v) is 5.04. The Balaban J connectivity index is 2.13. The Labute approximate surface area is 112 Å². The van der Waals surface area contributed by atoms with E-state index in [1.54, 1.807) is 6.07 Å². The van der Waals surface area contributed by atoms with E-state index in [1.165, 1.54) is 12.1 Å². The van der Waals surface area contributed by atoms with Crippen LogP contribution in [-0.4, -0.2) is 32.6 Å². The lowest BCUT2D eigenvalue weighted by Gasteiger charge is -2.29. The van der Waals surface area contributed by atoms with Crippen molar-refractivity contribution in [1.82, 2.24) is 0 Å². The second-order valence-electron chi connectivity index (χ2n) is 5.04. The molecule has 1 fully saturated rings. The number of hydrogen-bond donors (Lipinski definition) is 2. The Morgan fingerprint density at radius 2 is 2.37 bits per heavy atom. The predicted molar refractivity (Wildman–Crippen MR) is 74.2 cm³/mol. The van der Waals surface area contributed by atoms with Gasteiger partial charge in [-0.2, -0.15) is 0 Å². The number of nitrogens with two attached hydrogens (primary N) is 1. The van der Waals surface area contributed by atoms with E-state index >= 15 is 0 Å². The van der Waals surface area contributed by atoms with Gasteiger partial charge in [0.05, 0.1) is 6.61 Å². The number of nitrogens with zero attached hydrogens (tertiary/aromatic N) is 1. The smallest absolute Gasteiger partial charge is 0.125 e. The van der Waals surface area contributed by atoms with Crippen molar-refractivity contribution in [1.29, 1.82) is 5.41 Å². The first-order chi connectivity index (χ1) is 9.08. The summed E-state index contributed by atoms with van der Waals surface area (Å²) >= 11 is 0. The molecule has 19 heavy (non-hydrogen) atoms. The molecule has 4 nitrogen and oxygen atoms in total. The summed E-state index contributed by atoms with van der Waals surface area (Å²) in [5, 5.41) is 7.55. The summed E-state index contributed by atoms with van der Waals surface area (Å²) in [6.07, 6.45) is 2.22. The molecule has 1 aliphatic heterocycles. The zero-order valence-corrected chi connectivity index (χ0v) is 11.2. The predicted octanol–water partition coefficient (Wildman–Crippen LogP) is 1.97. The van der Waals surface area contributed by atoms with Crippen LogP contribution in [0.3, 0.4) is 0 Å². The Morgan fingerprint density at radius 1 is 1.58 bits per heavy atom. The molecule has 1 atom stereocenters. The average molecular weight is 265 g/mol. The SMILES string of the molecule is CN(CC1CCCOC1)c1ccc(F)cc1C(=N)N. The largest absolute Gasteiger partial charge is 0.384 e. The minimum absolute atomic E-state index is 0.110. The fourth-order valence-electron chi connectivity index (χ4n) is 2.49. The Kier molecular flexibility index (Phi) is 4.37. The summed E-state index contributed by atoms with van der Waals surface area (Å²) in [5.41, 5.74) is 6.75. The van der Waals surface area contributed by atoms with E-state index in [2.05, 4.69) is 0 Å². The molecule has 0 aromatic heterocycles. The van der Waals surface area contributed by atoms with Crippen LogP contribution < -0.4 is 10.6 Å². The maximum Gasteiger partial charge on any atom is 0.125 e. The Hall–Kier alpha value is -1.62. The highest BCUT2D eigenvalue weighted by atomic mass is 19.1. The fourth-order valence-corrected chi connectivity index (χ4v) is 2.49. The van der Waals surface area contributed by atoms with Gasteiger partial charge in [-0.1, -0.05) is 0 Å². The van der Waals surface area contributed by atoms with E-state index in [0.717, 1.165) is 38.3 Å². The van der Waals surface area contributed by atoms with Gasteiger partial charge in [0, 0.05) is 31.5 Å². The molecular formula is C14H20FN3O. The summed E-state index contributed by atoms with van der Waals surface area (Å²) in [6.45, 7) is 2.43. The van der Waals surface area contributed by atoms with Gasteiger partial charge in [0.2, 0.25) is 0 Å². The molecule has 0 bridgehead atoms. The summed E-state index contributed by atoms with van der Waals surface area (Å²) in [5.74, 6) is -0.00629. The van der Waals surface area contributed by atoms with E-state index in [9.17, 15) is 4.39 Å². The first kappa shape index (κ1) is 13.8. The Bertz CT molecular complexity index is 458. The molecule has 0 spiro atoms. The molecule has 0 saturated carbocycles.